The lowest BCUT2D eigenvalue weighted by molar-refractivity contribution is -0.376. The minimum atomic E-state index is -0.390. The molecule has 2 saturated heterocycles. The van der Waals surface area contributed by atoms with E-state index < -0.39 is 6.29 Å². The van der Waals surface area contributed by atoms with Gasteiger partial charge in [-0.2, -0.15) is 0 Å². The number of nitrogens with zero attached hydrogens (tertiary/aromatic N) is 5. The molecule has 2 aliphatic heterocycles. The van der Waals surface area contributed by atoms with E-state index in [-0.39, 0.29) is 18.1 Å². The van der Waals surface area contributed by atoms with Crippen LogP contribution in [0.1, 0.15) is 36.2 Å². The van der Waals surface area contributed by atoms with E-state index in [0.29, 0.717) is 31.2 Å². The van der Waals surface area contributed by atoms with Gasteiger partial charge in [-0.3, -0.25) is 9.69 Å². The molecule has 5 rings (SSSR count). The summed E-state index contributed by atoms with van der Waals surface area (Å²) < 4.78 is 32.3. The first-order valence-corrected chi connectivity index (χ1v) is 12.4. The Kier molecular flexibility index (Phi) is 7.52. The van der Waals surface area contributed by atoms with Gasteiger partial charge in [-0.1, -0.05) is 18.2 Å². The number of methoxy groups -OCH3 is 1. The van der Waals surface area contributed by atoms with Crippen LogP contribution >= 0.6 is 0 Å². The summed E-state index contributed by atoms with van der Waals surface area (Å²) in [5.41, 5.74) is 3.50. The second-order valence-electron chi connectivity index (χ2n) is 9.18. The molecule has 1 aromatic heterocycles. The molecule has 2 aliphatic rings. The van der Waals surface area contributed by atoms with E-state index in [4.69, 9.17) is 19.2 Å². The molecule has 10 heteroatoms. The van der Waals surface area contributed by atoms with Gasteiger partial charge < -0.3 is 23.7 Å². The number of imidazole rings is 1. The molecule has 3 aromatic rings. The molecule has 0 N–H and O–H groups in total. The van der Waals surface area contributed by atoms with Crippen molar-refractivity contribution < 1.29 is 23.4 Å². The molecule has 2 fully saturated rings. The minimum Gasteiger partial charge on any atom is -0.495 e. The average molecular weight is 520 g/mol. The molecular formula is C28H30FN5O4. The van der Waals surface area contributed by atoms with Crippen LogP contribution in [0, 0.1) is 12.7 Å². The first-order chi connectivity index (χ1) is 18.4. The predicted octanol–water partition coefficient (Wildman–Crippen LogP) is 4.28. The fourth-order valence-electron chi connectivity index (χ4n) is 4.73. The number of aryl methyl sites for hydroxylation is 1. The molecule has 0 aliphatic carbocycles. The van der Waals surface area contributed by atoms with Gasteiger partial charge in [0.1, 0.15) is 11.6 Å². The van der Waals surface area contributed by atoms with E-state index >= 15 is 0 Å². The summed E-state index contributed by atoms with van der Waals surface area (Å²) in [6.45, 7) is 4.83. The van der Waals surface area contributed by atoms with Gasteiger partial charge in [-0.05, 0) is 61.7 Å². The second kappa shape index (κ2) is 11.2. The topological polar surface area (TPSA) is 81.4 Å². The van der Waals surface area contributed by atoms with Gasteiger partial charge in [0, 0.05) is 18.9 Å². The zero-order valence-corrected chi connectivity index (χ0v) is 21.5. The van der Waals surface area contributed by atoms with Gasteiger partial charge in [0.2, 0.25) is 12.4 Å². The Labute approximate surface area is 220 Å². The summed E-state index contributed by atoms with van der Waals surface area (Å²) in [7, 11) is 1.62. The van der Waals surface area contributed by atoms with Crippen LogP contribution in [0.25, 0.3) is 11.8 Å². The smallest absolute Gasteiger partial charge is 0.217 e. The number of aliphatic imine (C=N–C) groups is 1. The van der Waals surface area contributed by atoms with E-state index in [2.05, 4.69) is 4.98 Å². The van der Waals surface area contributed by atoms with E-state index in [1.807, 2.05) is 53.8 Å². The van der Waals surface area contributed by atoms with Crippen molar-refractivity contribution >= 4 is 18.4 Å². The van der Waals surface area contributed by atoms with Gasteiger partial charge in [0.15, 0.2) is 12.6 Å². The normalized spacial score (nSPS) is 22.6. The van der Waals surface area contributed by atoms with Crippen LogP contribution in [0.15, 0.2) is 66.2 Å². The van der Waals surface area contributed by atoms with Crippen molar-refractivity contribution in [1.82, 2.24) is 19.4 Å². The van der Waals surface area contributed by atoms with Crippen LogP contribution in [0.5, 0.6) is 5.75 Å². The molecule has 0 radical (unpaired) electrons. The molecule has 0 spiro atoms. The highest BCUT2D eigenvalue weighted by atomic mass is 19.1. The van der Waals surface area contributed by atoms with Crippen LogP contribution in [-0.4, -0.2) is 64.5 Å². The molecule has 0 saturated carbocycles. The average Bonchev–Trinajstić information content (AvgIpc) is 3.34. The van der Waals surface area contributed by atoms with Gasteiger partial charge in [-0.15, -0.1) is 0 Å². The molecule has 1 atom stereocenters. The molecule has 38 heavy (non-hydrogen) atoms. The number of amides is 1. The van der Waals surface area contributed by atoms with Crippen LogP contribution in [0.3, 0.4) is 0 Å². The maximum Gasteiger partial charge on any atom is 0.217 e. The Hall–Kier alpha value is -4.02. The Morgan fingerprint density at radius 2 is 2.00 bits per heavy atom. The van der Waals surface area contributed by atoms with Gasteiger partial charge in [0.25, 0.3) is 0 Å². The number of carbonyl (C=O) groups is 1. The summed E-state index contributed by atoms with van der Waals surface area (Å²) in [5.74, 6) is 0.843. The summed E-state index contributed by atoms with van der Waals surface area (Å²) in [6.07, 6.45) is 7.96. The summed E-state index contributed by atoms with van der Waals surface area (Å²) >= 11 is 0. The number of halogens is 1. The number of hydrogen-bond acceptors (Lipinski definition) is 6. The highest BCUT2D eigenvalue weighted by molar-refractivity contribution is 5.91. The third-order valence-corrected chi connectivity index (χ3v) is 6.60. The standard InChI is InChI=1S/C28H30FN5O4/c1-19-15-33(17-31-19)25-9-4-21(14-26(25)36-3)10-12-30-28-32(16-27-37-20(2)38-27)13-11-24(34(28)18-35)22-5-7-23(29)8-6-22/h4-10,12,14-15,17-18,20,24,27H,11,13,16H2,1-3H3/b12-10-,30-28?. The highest BCUT2D eigenvalue weighted by Crippen LogP contribution is 2.31. The molecule has 3 heterocycles. The monoisotopic (exact) mass is 519 g/mol. The van der Waals surface area contributed by atoms with Crippen LogP contribution < -0.4 is 4.74 Å². The number of ether oxygens (including phenoxy) is 3. The van der Waals surface area contributed by atoms with Crippen molar-refractivity contribution in [2.24, 2.45) is 4.99 Å². The highest BCUT2D eigenvalue weighted by Gasteiger charge is 2.36. The fraction of sp³-hybridized carbons (Fsp3) is 0.321. The lowest BCUT2D eigenvalue weighted by Crippen LogP contribution is -2.56. The van der Waals surface area contributed by atoms with Gasteiger partial charge in [-0.25, -0.2) is 14.4 Å². The number of carbonyl (C=O) groups excluding carboxylic acids is 1. The lowest BCUT2D eigenvalue weighted by atomic mass is 10.00. The van der Waals surface area contributed by atoms with Crippen molar-refractivity contribution in [2.45, 2.75) is 38.9 Å². The zero-order chi connectivity index (χ0) is 26.6. The Morgan fingerprint density at radius 3 is 2.66 bits per heavy atom. The first-order valence-electron chi connectivity index (χ1n) is 12.4. The van der Waals surface area contributed by atoms with E-state index in [1.54, 1.807) is 36.7 Å². The molecule has 1 unspecified atom stereocenters. The van der Waals surface area contributed by atoms with E-state index in [0.717, 1.165) is 28.9 Å². The quantitative estimate of drug-likeness (QED) is 0.414. The predicted molar refractivity (Wildman–Crippen MR) is 140 cm³/mol. The molecule has 0 bridgehead atoms. The maximum atomic E-state index is 13.5. The van der Waals surface area contributed by atoms with Crippen molar-refractivity contribution in [3.05, 3.63) is 83.8 Å². The van der Waals surface area contributed by atoms with Crippen LogP contribution in [0.4, 0.5) is 4.39 Å². The molecule has 1 amide bonds. The van der Waals surface area contributed by atoms with Gasteiger partial charge in [0.05, 0.1) is 37.4 Å². The number of rotatable bonds is 8. The van der Waals surface area contributed by atoms with E-state index in [9.17, 15) is 9.18 Å². The summed E-state index contributed by atoms with van der Waals surface area (Å²) in [6, 6.07) is 11.8. The maximum absolute atomic E-state index is 13.5. The third kappa shape index (κ3) is 5.46. The van der Waals surface area contributed by atoms with Crippen molar-refractivity contribution in [3.63, 3.8) is 0 Å². The number of aromatic nitrogens is 2. The Morgan fingerprint density at radius 1 is 1.21 bits per heavy atom. The van der Waals surface area contributed by atoms with Crippen LogP contribution in [0.2, 0.25) is 0 Å². The second-order valence-corrected chi connectivity index (χ2v) is 9.18. The number of hydrogen-bond donors (Lipinski definition) is 0. The van der Waals surface area contributed by atoms with Crippen LogP contribution in [-0.2, 0) is 14.3 Å². The third-order valence-electron chi connectivity index (χ3n) is 6.60. The first kappa shape index (κ1) is 25.6. The Bertz CT molecular complexity index is 1330. The largest absolute Gasteiger partial charge is 0.495 e. The fourth-order valence-corrected chi connectivity index (χ4v) is 4.73. The van der Waals surface area contributed by atoms with Crippen molar-refractivity contribution in [2.75, 3.05) is 20.2 Å². The lowest BCUT2D eigenvalue weighted by Gasteiger charge is -2.44. The molecule has 2 aromatic carbocycles. The number of guanidine groups is 1. The SMILES string of the molecule is COc1cc(/C=C\N=C2N(CC3OC(C)O3)CCC(c3ccc(F)cc3)N2C=O)ccc1-n1cnc(C)c1. The Balaban J connectivity index is 1.42. The summed E-state index contributed by atoms with van der Waals surface area (Å²) in [4.78, 5) is 24.8. The van der Waals surface area contributed by atoms with Gasteiger partial charge >= 0.3 is 0 Å². The molecule has 198 valence electrons. The van der Waals surface area contributed by atoms with Crippen molar-refractivity contribution in [3.8, 4) is 11.4 Å². The zero-order valence-electron chi connectivity index (χ0n) is 21.5. The summed E-state index contributed by atoms with van der Waals surface area (Å²) in [5, 5.41) is 0. The molecular weight excluding hydrogens is 489 g/mol. The molecule has 9 nitrogen and oxygen atoms in total. The van der Waals surface area contributed by atoms with Crippen molar-refractivity contribution in [1.29, 1.82) is 0 Å². The minimum absolute atomic E-state index is 0.247. The number of benzene rings is 2. The van der Waals surface area contributed by atoms with E-state index in [1.165, 1.54) is 12.1 Å².